The molecular formula is C17H18N4O3. The molecule has 0 radical (unpaired) electrons. The monoisotopic (exact) mass is 326 g/mol. The van der Waals surface area contributed by atoms with Crippen molar-refractivity contribution >= 4 is 23.5 Å². The summed E-state index contributed by atoms with van der Waals surface area (Å²) in [7, 11) is 0. The van der Waals surface area contributed by atoms with E-state index in [1.54, 1.807) is 24.3 Å². The molecule has 1 saturated heterocycles. The van der Waals surface area contributed by atoms with E-state index in [1.165, 1.54) is 0 Å². The standard InChI is InChI=1S/C17H18N4O3/c18-10-12-6-2-3-7-13(12)19-14(22)11-21-15(23)17(20-16(21)24)8-4-1-5-9-17/h2-3,6-7H,1,4-5,8-9,11H2,(H,19,22)(H,20,24). The molecule has 7 nitrogen and oxygen atoms in total. The Kier molecular flexibility index (Phi) is 4.21. The van der Waals surface area contributed by atoms with E-state index < -0.39 is 17.5 Å². The van der Waals surface area contributed by atoms with Crippen LogP contribution >= 0.6 is 0 Å². The Morgan fingerprint density at radius 3 is 2.67 bits per heavy atom. The Hall–Kier alpha value is -2.88. The van der Waals surface area contributed by atoms with Crippen molar-refractivity contribution in [3.63, 3.8) is 0 Å². The van der Waals surface area contributed by atoms with E-state index in [0.717, 1.165) is 24.2 Å². The molecule has 0 aromatic heterocycles. The molecule has 24 heavy (non-hydrogen) atoms. The van der Waals surface area contributed by atoms with Gasteiger partial charge in [0.1, 0.15) is 18.2 Å². The highest BCUT2D eigenvalue weighted by Gasteiger charge is 2.51. The van der Waals surface area contributed by atoms with Gasteiger partial charge in [0.05, 0.1) is 11.3 Å². The molecule has 1 saturated carbocycles. The zero-order valence-electron chi connectivity index (χ0n) is 13.2. The summed E-state index contributed by atoms with van der Waals surface area (Å²) in [6, 6.07) is 8.04. The van der Waals surface area contributed by atoms with Gasteiger partial charge in [-0.2, -0.15) is 5.26 Å². The van der Waals surface area contributed by atoms with Gasteiger partial charge in [-0.25, -0.2) is 4.79 Å². The number of nitriles is 1. The number of para-hydroxylation sites is 1. The van der Waals surface area contributed by atoms with Crippen LogP contribution in [0.3, 0.4) is 0 Å². The summed E-state index contributed by atoms with van der Waals surface area (Å²) in [5.74, 6) is -0.829. The molecule has 0 bridgehead atoms. The maximum absolute atomic E-state index is 12.6. The lowest BCUT2D eigenvalue weighted by atomic mass is 9.82. The van der Waals surface area contributed by atoms with Gasteiger partial charge in [0, 0.05) is 0 Å². The quantitative estimate of drug-likeness (QED) is 0.826. The van der Waals surface area contributed by atoms with Gasteiger partial charge in [0.15, 0.2) is 0 Å². The van der Waals surface area contributed by atoms with Gasteiger partial charge >= 0.3 is 6.03 Å². The van der Waals surface area contributed by atoms with Crippen molar-refractivity contribution in [1.29, 1.82) is 5.26 Å². The highest BCUT2D eigenvalue weighted by atomic mass is 16.2. The van der Waals surface area contributed by atoms with Crippen LogP contribution in [0.2, 0.25) is 0 Å². The van der Waals surface area contributed by atoms with E-state index in [2.05, 4.69) is 10.6 Å². The summed E-state index contributed by atoms with van der Waals surface area (Å²) in [6.45, 7) is -0.355. The molecule has 1 aromatic carbocycles. The fourth-order valence-electron chi connectivity index (χ4n) is 3.34. The molecule has 2 fully saturated rings. The van der Waals surface area contributed by atoms with Crippen molar-refractivity contribution < 1.29 is 14.4 Å². The zero-order valence-corrected chi connectivity index (χ0v) is 13.2. The predicted molar refractivity (Wildman–Crippen MR) is 85.8 cm³/mol. The predicted octanol–water partition coefficient (Wildman–Crippen LogP) is 1.75. The van der Waals surface area contributed by atoms with Crippen molar-refractivity contribution in [3.05, 3.63) is 29.8 Å². The molecular weight excluding hydrogens is 308 g/mol. The fourth-order valence-corrected chi connectivity index (χ4v) is 3.34. The number of anilines is 1. The minimum absolute atomic E-state index is 0.323. The van der Waals surface area contributed by atoms with Gasteiger partial charge in [0.2, 0.25) is 5.91 Å². The van der Waals surface area contributed by atoms with E-state index in [9.17, 15) is 14.4 Å². The summed E-state index contributed by atoms with van der Waals surface area (Å²) in [5, 5.41) is 14.4. The Labute approximate surface area is 139 Å². The van der Waals surface area contributed by atoms with E-state index >= 15 is 0 Å². The number of hydrogen-bond donors (Lipinski definition) is 2. The first-order valence-corrected chi connectivity index (χ1v) is 7.99. The first-order valence-electron chi connectivity index (χ1n) is 7.99. The van der Waals surface area contributed by atoms with Crippen molar-refractivity contribution in [3.8, 4) is 6.07 Å². The van der Waals surface area contributed by atoms with Crippen molar-refractivity contribution in [2.24, 2.45) is 0 Å². The second-order valence-corrected chi connectivity index (χ2v) is 6.17. The van der Waals surface area contributed by atoms with E-state index in [0.29, 0.717) is 24.1 Å². The second-order valence-electron chi connectivity index (χ2n) is 6.17. The SMILES string of the molecule is N#Cc1ccccc1NC(=O)CN1C(=O)NC2(CCCCC2)C1=O. The van der Waals surface area contributed by atoms with E-state index in [1.807, 2.05) is 6.07 Å². The lowest BCUT2D eigenvalue weighted by molar-refractivity contribution is -0.134. The number of urea groups is 1. The van der Waals surface area contributed by atoms with Gasteiger partial charge in [-0.3, -0.25) is 14.5 Å². The van der Waals surface area contributed by atoms with Crippen LogP contribution in [0.5, 0.6) is 0 Å². The highest BCUT2D eigenvalue weighted by molar-refractivity contribution is 6.10. The topological polar surface area (TPSA) is 102 Å². The summed E-state index contributed by atoms with van der Waals surface area (Å²) in [4.78, 5) is 37.9. The highest BCUT2D eigenvalue weighted by Crippen LogP contribution is 2.33. The molecule has 0 atom stereocenters. The molecule has 1 aliphatic carbocycles. The van der Waals surface area contributed by atoms with Crippen molar-refractivity contribution in [1.82, 2.24) is 10.2 Å². The smallest absolute Gasteiger partial charge is 0.323 e. The molecule has 7 heteroatoms. The molecule has 1 spiro atoms. The maximum atomic E-state index is 12.6. The van der Waals surface area contributed by atoms with Crippen molar-refractivity contribution in [2.45, 2.75) is 37.6 Å². The van der Waals surface area contributed by atoms with Crippen LogP contribution in [0.25, 0.3) is 0 Å². The van der Waals surface area contributed by atoms with Crippen LogP contribution in [0.4, 0.5) is 10.5 Å². The first kappa shape index (κ1) is 16.0. The van der Waals surface area contributed by atoms with Crippen LogP contribution in [-0.2, 0) is 9.59 Å². The average Bonchev–Trinajstić information content (AvgIpc) is 2.80. The number of carbonyl (C=O) groups excluding carboxylic acids is 3. The average molecular weight is 326 g/mol. The third-order valence-corrected chi connectivity index (χ3v) is 4.58. The molecule has 124 valence electrons. The van der Waals surface area contributed by atoms with Gasteiger partial charge in [-0.1, -0.05) is 31.4 Å². The maximum Gasteiger partial charge on any atom is 0.325 e. The normalized spacial score (nSPS) is 19.0. The number of benzene rings is 1. The zero-order chi connectivity index (χ0) is 17.2. The Morgan fingerprint density at radius 2 is 1.96 bits per heavy atom. The number of hydrogen-bond acceptors (Lipinski definition) is 4. The molecule has 3 rings (SSSR count). The van der Waals surface area contributed by atoms with Crippen LogP contribution < -0.4 is 10.6 Å². The van der Waals surface area contributed by atoms with Gasteiger partial charge in [0.25, 0.3) is 5.91 Å². The summed E-state index contributed by atoms with van der Waals surface area (Å²) in [5.41, 5.74) is -0.142. The molecule has 0 unspecified atom stereocenters. The van der Waals surface area contributed by atoms with Gasteiger partial charge < -0.3 is 10.6 Å². The third-order valence-electron chi connectivity index (χ3n) is 4.58. The van der Waals surface area contributed by atoms with Gasteiger partial charge in [-0.15, -0.1) is 0 Å². The second kappa shape index (κ2) is 6.32. The number of amides is 4. The van der Waals surface area contributed by atoms with E-state index in [-0.39, 0.29) is 12.5 Å². The Bertz CT molecular complexity index is 732. The lowest BCUT2D eigenvalue weighted by Gasteiger charge is -2.30. The largest absolute Gasteiger partial charge is 0.325 e. The van der Waals surface area contributed by atoms with Crippen LogP contribution in [0, 0.1) is 11.3 Å². The summed E-state index contributed by atoms with van der Waals surface area (Å²) < 4.78 is 0. The Morgan fingerprint density at radius 1 is 1.25 bits per heavy atom. The first-order chi connectivity index (χ1) is 11.6. The van der Waals surface area contributed by atoms with Crippen LogP contribution in [0.15, 0.2) is 24.3 Å². The number of nitrogens with one attached hydrogen (secondary N) is 2. The third kappa shape index (κ3) is 2.83. The molecule has 1 aromatic rings. The molecule has 2 N–H and O–H groups in total. The lowest BCUT2D eigenvalue weighted by Crippen LogP contribution is -2.48. The molecule has 2 aliphatic rings. The van der Waals surface area contributed by atoms with Crippen LogP contribution in [-0.4, -0.2) is 34.8 Å². The number of carbonyl (C=O) groups is 3. The molecule has 1 heterocycles. The number of imide groups is 1. The molecule has 4 amide bonds. The minimum Gasteiger partial charge on any atom is -0.323 e. The summed E-state index contributed by atoms with van der Waals surface area (Å²) >= 11 is 0. The van der Waals surface area contributed by atoms with E-state index in [4.69, 9.17) is 5.26 Å². The number of nitrogens with zero attached hydrogens (tertiary/aromatic N) is 2. The van der Waals surface area contributed by atoms with Crippen LogP contribution in [0.1, 0.15) is 37.7 Å². The van der Waals surface area contributed by atoms with Gasteiger partial charge in [-0.05, 0) is 25.0 Å². The minimum atomic E-state index is -0.833. The fraction of sp³-hybridized carbons (Fsp3) is 0.412. The Balaban J connectivity index is 1.69. The molecule has 1 aliphatic heterocycles. The number of rotatable bonds is 3. The summed E-state index contributed by atoms with van der Waals surface area (Å²) in [6.07, 6.45) is 4.07. The van der Waals surface area contributed by atoms with Crippen molar-refractivity contribution in [2.75, 3.05) is 11.9 Å².